The number of amides is 1. The number of esters is 1. The van der Waals surface area contributed by atoms with Gasteiger partial charge in [0.05, 0.1) is 13.2 Å². The van der Waals surface area contributed by atoms with Gasteiger partial charge in [0.25, 0.3) is 0 Å². The van der Waals surface area contributed by atoms with Gasteiger partial charge in [-0.1, -0.05) is 0 Å². The summed E-state index contributed by atoms with van der Waals surface area (Å²) in [5, 5.41) is 13.7. The fourth-order valence-corrected chi connectivity index (χ4v) is 3.00. The van der Waals surface area contributed by atoms with Crippen LogP contribution < -0.4 is 10.1 Å². The molecule has 0 aliphatic rings. The van der Waals surface area contributed by atoms with Crippen LogP contribution in [-0.4, -0.2) is 64.1 Å². The number of hydrogen-bond acceptors (Lipinski definition) is 6. The highest BCUT2D eigenvalue weighted by Gasteiger charge is 2.27. The van der Waals surface area contributed by atoms with Gasteiger partial charge in [-0.2, -0.15) is 4.79 Å². The van der Waals surface area contributed by atoms with Crippen molar-refractivity contribution in [3.63, 3.8) is 0 Å². The molecule has 2 aromatic rings. The zero-order valence-corrected chi connectivity index (χ0v) is 17.6. The van der Waals surface area contributed by atoms with E-state index in [0.717, 1.165) is 10.9 Å². The van der Waals surface area contributed by atoms with Crippen molar-refractivity contribution in [2.24, 2.45) is 0 Å². The number of benzene rings is 1. The quantitative estimate of drug-likeness (QED) is 0.210. The molecule has 3 N–H and O–H groups in total. The zero-order chi connectivity index (χ0) is 23.0. The lowest BCUT2D eigenvalue weighted by Crippen LogP contribution is -2.47. The fourth-order valence-electron chi connectivity index (χ4n) is 3.00. The van der Waals surface area contributed by atoms with Crippen LogP contribution in [0.15, 0.2) is 24.4 Å². The summed E-state index contributed by atoms with van der Waals surface area (Å²) in [5.74, 6) is -1.38. The minimum atomic E-state index is -1.44. The number of carbonyl (C=O) groups is 3. The Bertz CT molecular complexity index is 993. The number of ether oxygens (including phenoxy) is 2. The molecule has 1 aromatic heterocycles. The Balaban J connectivity index is 2.09. The highest BCUT2D eigenvalue weighted by molar-refractivity contribution is 6.25. The fraction of sp³-hybridized carbons (Fsp3) is 0.429. The van der Waals surface area contributed by atoms with E-state index < -0.39 is 35.9 Å². The van der Waals surface area contributed by atoms with Gasteiger partial charge in [-0.3, -0.25) is 9.59 Å². The molecule has 0 saturated carbocycles. The van der Waals surface area contributed by atoms with E-state index in [1.807, 2.05) is 6.07 Å². The first-order valence-electron chi connectivity index (χ1n) is 9.78. The van der Waals surface area contributed by atoms with Crippen LogP contribution in [0.25, 0.3) is 16.4 Å². The SMILES string of the molecule is COc1ccc2[nH]cc(C[C@H](O)C(=O)N[C@@H](CCC(=O)C=[N+]=[N-])C(=O)OC(C)C)c2c1. The summed E-state index contributed by atoms with van der Waals surface area (Å²) >= 11 is 0. The number of ketones is 1. The maximum atomic E-state index is 12.5. The second-order valence-electron chi connectivity index (χ2n) is 7.24. The van der Waals surface area contributed by atoms with Crippen LogP contribution in [0.1, 0.15) is 32.3 Å². The second kappa shape index (κ2) is 11.1. The van der Waals surface area contributed by atoms with Crippen molar-refractivity contribution in [3.05, 3.63) is 35.5 Å². The highest BCUT2D eigenvalue weighted by atomic mass is 16.5. The first-order valence-corrected chi connectivity index (χ1v) is 9.78. The van der Waals surface area contributed by atoms with Gasteiger partial charge < -0.3 is 30.4 Å². The van der Waals surface area contributed by atoms with Crippen LogP contribution in [0.3, 0.4) is 0 Å². The third-order valence-electron chi connectivity index (χ3n) is 4.52. The van der Waals surface area contributed by atoms with Crippen molar-refractivity contribution in [2.45, 2.75) is 51.4 Å². The number of fused-ring (bicyclic) bond motifs is 1. The summed E-state index contributed by atoms with van der Waals surface area (Å²) in [6, 6.07) is 4.28. The average molecular weight is 430 g/mol. The molecule has 0 unspecified atom stereocenters. The number of aliphatic hydroxyl groups is 1. The topological polar surface area (TPSA) is 154 Å². The summed E-state index contributed by atoms with van der Waals surface area (Å²) in [7, 11) is 1.54. The first-order chi connectivity index (χ1) is 14.7. The number of carbonyl (C=O) groups excluding carboxylic acids is 3. The predicted molar refractivity (Wildman–Crippen MR) is 112 cm³/mol. The molecule has 31 heavy (non-hydrogen) atoms. The molecular formula is C21H26N4O6. The van der Waals surface area contributed by atoms with E-state index >= 15 is 0 Å². The average Bonchev–Trinajstić information content (AvgIpc) is 3.12. The van der Waals surface area contributed by atoms with Crippen LogP contribution in [0.4, 0.5) is 0 Å². The Morgan fingerprint density at radius 1 is 1.32 bits per heavy atom. The van der Waals surface area contributed by atoms with E-state index in [1.54, 1.807) is 39.3 Å². The standard InChI is InChI=1S/C21H26N4O6/c1-12(2)31-21(29)18(6-4-14(26)11-24-22)25-20(28)19(27)8-13-10-23-17-7-5-15(30-3)9-16(13)17/h5,7,9-12,18-19,23,27H,4,6,8H2,1-3H3,(H,25,28)/t18-,19-/m0/s1. The Labute approximate surface area is 179 Å². The molecule has 0 saturated heterocycles. The van der Waals surface area contributed by atoms with Gasteiger partial charge >= 0.3 is 12.2 Å². The van der Waals surface area contributed by atoms with Crippen molar-refractivity contribution in [1.29, 1.82) is 0 Å². The third kappa shape index (κ3) is 6.77. The third-order valence-corrected chi connectivity index (χ3v) is 4.52. The van der Waals surface area contributed by atoms with Crippen molar-refractivity contribution >= 4 is 34.8 Å². The summed E-state index contributed by atoms with van der Waals surface area (Å²) in [4.78, 5) is 42.1. The monoisotopic (exact) mass is 430 g/mol. The highest BCUT2D eigenvalue weighted by Crippen LogP contribution is 2.24. The number of methoxy groups -OCH3 is 1. The Morgan fingerprint density at radius 3 is 2.71 bits per heavy atom. The van der Waals surface area contributed by atoms with Crippen LogP contribution in [-0.2, 0) is 25.5 Å². The van der Waals surface area contributed by atoms with Crippen LogP contribution >= 0.6 is 0 Å². The number of aliphatic hydroxyl groups excluding tert-OH is 1. The van der Waals surface area contributed by atoms with E-state index in [4.69, 9.17) is 15.0 Å². The van der Waals surface area contributed by atoms with E-state index in [9.17, 15) is 19.5 Å². The zero-order valence-electron chi connectivity index (χ0n) is 17.6. The summed E-state index contributed by atoms with van der Waals surface area (Å²) < 4.78 is 10.3. The number of rotatable bonds is 11. The lowest BCUT2D eigenvalue weighted by Gasteiger charge is -2.20. The van der Waals surface area contributed by atoms with Gasteiger partial charge in [-0.05, 0) is 44.0 Å². The molecule has 166 valence electrons. The minimum absolute atomic E-state index is 0.00104. The molecule has 10 heteroatoms. The molecule has 0 aliphatic carbocycles. The molecule has 0 aliphatic heterocycles. The number of nitrogens with one attached hydrogen (secondary N) is 2. The molecule has 2 atom stereocenters. The molecule has 1 aromatic carbocycles. The van der Waals surface area contributed by atoms with E-state index in [1.165, 1.54) is 0 Å². The van der Waals surface area contributed by atoms with Crippen LogP contribution in [0, 0.1) is 0 Å². The molecule has 0 radical (unpaired) electrons. The van der Waals surface area contributed by atoms with E-state index in [-0.39, 0.29) is 19.3 Å². The maximum absolute atomic E-state index is 12.5. The summed E-state index contributed by atoms with van der Waals surface area (Å²) in [6.07, 6.45) is 0.327. The Morgan fingerprint density at radius 2 is 2.06 bits per heavy atom. The van der Waals surface area contributed by atoms with Gasteiger partial charge in [0.2, 0.25) is 11.7 Å². The molecule has 1 heterocycles. The van der Waals surface area contributed by atoms with E-state index in [2.05, 4.69) is 15.1 Å². The molecule has 10 nitrogen and oxygen atoms in total. The van der Waals surface area contributed by atoms with Gasteiger partial charge in [0.15, 0.2) is 0 Å². The molecular weight excluding hydrogens is 404 g/mol. The van der Waals surface area contributed by atoms with Crippen molar-refractivity contribution in [1.82, 2.24) is 10.3 Å². The van der Waals surface area contributed by atoms with Gasteiger partial charge in [0, 0.05) is 29.9 Å². The van der Waals surface area contributed by atoms with Gasteiger partial charge in [-0.25, -0.2) is 4.79 Å². The molecule has 1 amide bonds. The molecule has 0 spiro atoms. The lowest BCUT2D eigenvalue weighted by molar-refractivity contribution is -0.152. The lowest BCUT2D eigenvalue weighted by atomic mass is 10.0. The van der Waals surface area contributed by atoms with Gasteiger partial charge in [0.1, 0.15) is 17.9 Å². The summed E-state index contributed by atoms with van der Waals surface area (Å²) in [6.45, 7) is 3.31. The molecule has 0 fully saturated rings. The smallest absolute Gasteiger partial charge is 0.328 e. The number of aromatic amines is 1. The number of Topliss-reactive ketones (excluding diaryl/α,β-unsaturated/α-hetero) is 1. The largest absolute Gasteiger partial charge is 0.497 e. The maximum Gasteiger partial charge on any atom is 0.328 e. The Hall–Kier alpha value is -3.49. The predicted octanol–water partition coefficient (Wildman–Crippen LogP) is 1.17. The van der Waals surface area contributed by atoms with E-state index in [0.29, 0.717) is 17.5 Å². The van der Waals surface area contributed by atoms with Crippen molar-refractivity contribution in [3.8, 4) is 5.75 Å². The Kier molecular flexibility index (Phi) is 8.48. The number of hydrogen-bond donors (Lipinski definition) is 3. The van der Waals surface area contributed by atoms with Crippen molar-refractivity contribution in [2.75, 3.05) is 7.11 Å². The first kappa shape index (κ1) is 23.8. The second-order valence-corrected chi connectivity index (χ2v) is 7.24. The molecule has 2 rings (SSSR count). The van der Waals surface area contributed by atoms with Crippen LogP contribution in [0.5, 0.6) is 5.75 Å². The normalized spacial score (nSPS) is 12.7. The number of nitrogens with zero attached hydrogens (tertiary/aromatic N) is 2. The number of H-pyrrole nitrogens is 1. The van der Waals surface area contributed by atoms with Gasteiger partial charge in [-0.15, -0.1) is 0 Å². The van der Waals surface area contributed by atoms with Crippen LogP contribution in [0.2, 0.25) is 0 Å². The van der Waals surface area contributed by atoms with Crippen molar-refractivity contribution < 1.29 is 33.8 Å². The molecule has 0 bridgehead atoms. The number of aromatic nitrogens is 1. The summed E-state index contributed by atoms with van der Waals surface area (Å²) in [5.41, 5.74) is 9.95. The minimum Gasteiger partial charge on any atom is -0.497 e.